The van der Waals surface area contributed by atoms with Crippen LogP contribution in [0.4, 0.5) is 15.8 Å². The monoisotopic (exact) mass is 523 g/mol. The number of nitrogens with one attached hydrogen (secondary N) is 1. The van der Waals surface area contributed by atoms with Crippen molar-refractivity contribution in [1.82, 2.24) is 20.4 Å². The molecule has 0 atom stereocenters. The highest BCUT2D eigenvalue weighted by Crippen LogP contribution is 2.31. The molecule has 0 radical (unpaired) electrons. The SMILES string of the molecule is O=C(c1ccc(F)cc1)N1CCC(S(=O)(=O)c2ccc(N(C(=O)C3CNC3)c3ccnnc3)cc2)CC1. The molecular weight excluding hydrogens is 497 g/mol. The summed E-state index contributed by atoms with van der Waals surface area (Å²) in [5, 5.41) is 10.1. The number of sulfone groups is 1. The van der Waals surface area contributed by atoms with Gasteiger partial charge >= 0.3 is 0 Å². The Morgan fingerprint density at radius 2 is 1.59 bits per heavy atom. The lowest BCUT2D eigenvalue weighted by Gasteiger charge is -2.33. The molecule has 2 amide bonds. The second kappa shape index (κ2) is 10.3. The van der Waals surface area contributed by atoms with Gasteiger partial charge in [0.1, 0.15) is 5.82 Å². The van der Waals surface area contributed by atoms with Crippen LogP contribution in [0, 0.1) is 11.7 Å². The largest absolute Gasteiger partial charge is 0.339 e. The zero-order valence-corrected chi connectivity index (χ0v) is 20.8. The fourth-order valence-electron chi connectivity index (χ4n) is 4.59. The Labute approximate surface area is 214 Å². The van der Waals surface area contributed by atoms with Crippen LogP contribution in [0.2, 0.25) is 0 Å². The summed E-state index contributed by atoms with van der Waals surface area (Å²) in [7, 11) is -3.64. The highest BCUT2D eigenvalue weighted by atomic mass is 32.2. The van der Waals surface area contributed by atoms with Crippen molar-refractivity contribution in [1.29, 1.82) is 0 Å². The predicted octanol–water partition coefficient (Wildman–Crippen LogP) is 2.58. The minimum Gasteiger partial charge on any atom is -0.339 e. The molecular formula is C26H26FN5O4S. The molecule has 3 heterocycles. The van der Waals surface area contributed by atoms with E-state index in [2.05, 4.69) is 15.5 Å². The van der Waals surface area contributed by atoms with Gasteiger partial charge in [0.15, 0.2) is 9.84 Å². The topological polar surface area (TPSA) is 113 Å². The molecule has 2 aliphatic rings. The minimum atomic E-state index is -3.64. The summed E-state index contributed by atoms with van der Waals surface area (Å²) < 4.78 is 39.9. The van der Waals surface area contributed by atoms with E-state index in [1.165, 1.54) is 53.7 Å². The molecule has 2 saturated heterocycles. The van der Waals surface area contributed by atoms with Gasteiger partial charge in [-0.1, -0.05) is 0 Å². The highest BCUT2D eigenvalue weighted by Gasteiger charge is 2.34. The van der Waals surface area contributed by atoms with E-state index in [4.69, 9.17) is 0 Å². The number of amides is 2. The number of halogens is 1. The molecule has 0 bridgehead atoms. The average Bonchev–Trinajstić information content (AvgIpc) is 2.89. The van der Waals surface area contributed by atoms with Gasteiger partial charge in [0.25, 0.3) is 5.91 Å². The van der Waals surface area contributed by atoms with Crippen LogP contribution in [0.25, 0.3) is 0 Å². The Morgan fingerprint density at radius 3 is 2.16 bits per heavy atom. The average molecular weight is 524 g/mol. The maximum Gasteiger partial charge on any atom is 0.253 e. The van der Waals surface area contributed by atoms with E-state index in [1.54, 1.807) is 23.1 Å². The Hall–Kier alpha value is -3.70. The number of hydrogen-bond acceptors (Lipinski definition) is 7. The normalized spacial score (nSPS) is 16.7. The van der Waals surface area contributed by atoms with Gasteiger partial charge in [-0.15, -0.1) is 0 Å². The first-order chi connectivity index (χ1) is 17.8. The fourth-order valence-corrected chi connectivity index (χ4v) is 6.32. The molecule has 1 N–H and O–H groups in total. The van der Waals surface area contributed by atoms with Gasteiger partial charge in [-0.25, -0.2) is 12.8 Å². The van der Waals surface area contributed by atoms with Gasteiger partial charge in [-0.2, -0.15) is 10.2 Å². The van der Waals surface area contributed by atoms with E-state index in [0.29, 0.717) is 56.0 Å². The summed E-state index contributed by atoms with van der Waals surface area (Å²) >= 11 is 0. The second-order valence-corrected chi connectivity index (χ2v) is 11.4. The van der Waals surface area contributed by atoms with Gasteiger partial charge in [0.2, 0.25) is 5.91 Å². The number of nitrogens with zero attached hydrogens (tertiary/aromatic N) is 4. The first kappa shape index (κ1) is 25.0. The zero-order valence-electron chi connectivity index (χ0n) is 20.0. The first-order valence-corrected chi connectivity index (χ1v) is 13.6. The lowest BCUT2D eigenvalue weighted by atomic mass is 10.0. The molecule has 1 aromatic heterocycles. The van der Waals surface area contributed by atoms with Crippen LogP contribution < -0.4 is 10.2 Å². The third-order valence-electron chi connectivity index (χ3n) is 6.86. The second-order valence-electron chi connectivity index (χ2n) is 9.17. The lowest BCUT2D eigenvalue weighted by Crippen LogP contribution is -2.51. The predicted molar refractivity (Wildman–Crippen MR) is 134 cm³/mol. The maximum atomic E-state index is 13.4. The third-order valence-corrected chi connectivity index (χ3v) is 9.14. The van der Waals surface area contributed by atoms with Crippen LogP contribution in [-0.4, -0.2) is 66.8 Å². The number of anilines is 2. The number of likely N-dealkylation sites (tertiary alicyclic amines) is 1. The van der Waals surface area contributed by atoms with Crippen LogP contribution in [0.3, 0.4) is 0 Å². The van der Waals surface area contributed by atoms with Crippen LogP contribution >= 0.6 is 0 Å². The van der Waals surface area contributed by atoms with E-state index < -0.39 is 20.9 Å². The van der Waals surface area contributed by atoms with Crippen molar-refractivity contribution in [2.45, 2.75) is 23.0 Å². The van der Waals surface area contributed by atoms with Crippen LogP contribution in [0.1, 0.15) is 23.2 Å². The van der Waals surface area contributed by atoms with E-state index >= 15 is 0 Å². The van der Waals surface area contributed by atoms with Crippen LogP contribution in [0.15, 0.2) is 71.9 Å². The summed E-state index contributed by atoms with van der Waals surface area (Å²) in [6.45, 7) is 1.77. The van der Waals surface area contributed by atoms with Gasteiger partial charge in [-0.3, -0.25) is 14.5 Å². The molecule has 5 rings (SSSR count). The Kier molecular flexibility index (Phi) is 6.98. The zero-order chi connectivity index (χ0) is 26.0. The van der Waals surface area contributed by atoms with Gasteiger partial charge < -0.3 is 10.2 Å². The van der Waals surface area contributed by atoms with Gasteiger partial charge in [0, 0.05) is 37.4 Å². The number of hydrogen-bond donors (Lipinski definition) is 1. The van der Waals surface area contributed by atoms with Crippen molar-refractivity contribution >= 4 is 33.0 Å². The molecule has 0 aliphatic carbocycles. The van der Waals surface area contributed by atoms with Crippen LogP contribution in [-0.2, 0) is 14.6 Å². The van der Waals surface area contributed by atoms with E-state index in [0.717, 1.165) is 0 Å². The number of carbonyl (C=O) groups excluding carboxylic acids is 2. The summed E-state index contributed by atoms with van der Waals surface area (Å²) in [4.78, 5) is 29.1. The molecule has 3 aromatic rings. The molecule has 2 fully saturated rings. The Balaban J connectivity index is 1.30. The molecule has 0 saturated carbocycles. The third kappa shape index (κ3) is 5.09. The van der Waals surface area contributed by atoms with Crippen molar-refractivity contribution < 1.29 is 22.4 Å². The van der Waals surface area contributed by atoms with E-state index in [9.17, 15) is 22.4 Å². The number of rotatable bonds is 6. The summed E-state index contributed by atoms with van der Waals surface area (Å²) in [5.41, 5.74) is 1.48. The fraction of sp³-hybridized carbons (Fsp3) is 0.308. The lowest BCUT2D eigenvalue weighted by molar-refractivity contribution is -0.123. The van der Waals surface area contributed by atoms with Crippen molar-refractivity contribution in [3.05, 3.63) is 78.4 Å². The molecule has 9 nitrogen and oxygen atoms in total. The molecule has 0 unspecified atom stereocenters. The van der Waals surface area contributed by atoms with Crippen molar-refractivity contribution in [3.63, 3.8) is 0 Å². The molecule has 37 heavy (non-hydrogen) atoms. The molecule has 11 heteroatoms. The Morgan fingerprint density at radius 1 is 0.919 bits per heavy atom. The molecule has 2 aliphatic heterocycles. The molecule has 2 aromatic carbocycles. The highest BCUT2D eigenvalue weighted by molar-refractivity contribution is 7.92. The van der Waals surface area contributed by atoms with Crippen molar-refractivity contribution in [3.8, 4) is 0 Å². The number of piperidine rings is 1. The molecule has 192 valence electrons. The summed E-state index contributed by atoms with van der Waals surface area (Å²) in [5.74, 6) is -0.922. The smallest absolute Gasteiger partial charge is 0.253 e. The van der Waals surface area contributed by atoms with Gasteiger partial charge in [-0.05, 0) is 67.4 Å². The van der Waals surface area contributed by atoms with Gasteiger partial charge in [0.05, 0.1) is 34.1 Å². The van der Waals surface area contributed by atoms with Crippen molar-refractivity contribution in [2.75, 3.05) is 31.1 Å². The maximum absolute atomic E-state index is 13.4. The number of benzene rings is 2. The Bertz CT molecular complexity index is 1370. The molecule has 0 spiro atoms. The van der Waals surface area contributed by atoms with E-state index in [-0.39, 0.29) is 22.6 Å². The summed E-state index contributed by atoms with van der Waals surface area (Å²) in [6.07, 6.45) is 3.61. The number of carbonyl (C=O) groups is 2. The van der Waals surface area contributed by atoms with E-state index in [1.807, 2.05) is 0 Å². The van der Waals surface area contributed by atoms with Crippen LogP contribution in [0.5, 0.6) is 0 Å². The van der Waals surface area contributed by atoms with Crippen molar-refractivity contribution in [2.24, 2.45) is 5.92 Å². The standard InChI is InChI=1S/C26H26FN5O4S/c27-20-3-1-18(2-4-20)25(33)31-13-10-24(11-14-31)37(35,36)23-7-5-21(6-8-23)32(22-9-12-29-30-17-22)26(34)19-15-28-16-19/h1-9,12,17,19,24,28H,10-11,13-16H2. The quantitative estimate of drug-likeness (QED) is 0.529. The minimum absolute atomic E-state index is 0.0967. The summed E-state index contributed by atoms with van der Waals surface area (Å²) in [6, 6.07) is 13.3. The first-order valence-electron chi connectivity index (χ1n) is 12.0. The number of aromatic nitrogens is 2.